The highest BCUT2D eigenvalue weighted by atomic mass is 35.5. The van der Waals surface area contributed by atoms with E-state index in [4.69, 9.17) is 11.6 Å². The summed E-state index contributed by atoms with van der Waals surface area (Å²) in [7, 11) is 1.82. The second-order valence-corrected chi connectivity index (χ2v) is 7.71. The number of pyridine rings is 1. The molecule has 0 aliphatic carbocycles. The van der Waals surface area contributed by atoms with Crippen molar-refractivity contribution < 1.29 is 4.79 Å². The number of aromatic nitrogens is 3. The van der Waals surface area contributed by atoms with Gasteiger partial charge in [0, 0.05) is 42.0 Å². The molecule has 0 atom stereocenters. The standard InChI is InChI=1S/C20H23ClN4O/c1-13-14(7-5-9-16(13)21)12-25(4)17(26)11-20(2,3)18-15-8-6-10-22-19(15)24-23-18/h5-10H,11-12H2,1-4H3,(H,22,23,24). The van der Waals surface area contributed by atoms with Gasteiger partial charge in [-0.25, -0.2) is 4.98 Å². The first-order valence-corrected chi connectivity index (χ1v) is 8.95. The maximum atomic E-state index is 12.8. The SMILES string of the molecule is Cc1c(Cl)cccc1CN(C)C(=O)CC(C)(C)c1n[nH]c2ncccc12. The number of halogens is 1. The molecule has 6 heteroatoms. The third-order valence-corrected chi connectivity index (χ3v) is 5.19. The molecule has 1 aromatic carbocycles. The van der Waals surface area contributed by atoms with Gasteiger partial charge in [0.25, 0.3) is 0 Å². The molecule has 2 heterocycles. The van der Waals surface area contributed by atoms with Gasteiger partial charge in [0.1, 0.15) is 0 Å². The molecule has 3 rings (SSSR count). The minimum Gasteiger partial charge on any atom is -0.341 e. The summed E-state index contributed by atoms with van der Waals surface area (Å²) >= 11 is 6.19. The smallest absolute Gasteiger partial charge is 0.223 e. The van der Waals surface area contributed by atoms with E-state index in [2.05, 4.69) is 15.2 Å². The Morgan fingerprint density at radius 1 is 1.27 bits per heavy atom. The lowest BCUT2D eigenvalue weighted by atomic mass is 9.83. The average Bonchev–Trinajstić information content (AvgIpc) is 3.03. The van der Waals surface area contributed by atoms with Gasteiger partial charge in [-0.15, -0.1) is 0 Å². The van der Waals surface area contributed by atoms with Gasteiger partial charge in [0.2, 0.25) is 5.91 Å². The van der Waals surface area contributed by atoms with Gasteiger partial charge in [-0.3, -0.25) is 9.89 Å². The first-order chi connectivity index (χ1) is 12.3. The number of hydrogen-bond acceptors (Lipinski definition) is 3. The predicted molar refractivity (Wildman–Crippen MR) is 104 cm³/mol. The maximum Gasteiger partial charge on any atom is 0.223 e. The lowest BCUT2D eigenvalue weighted by Crippen LogP contribution is -2.33. The van der Waals surface area contributed by atoms with Gasteiger partial charge in [-0.05, 0) is 36.2 Å². The van der Waals surface area contributed by atoms with E-state index in [1.165, 1.54) is 0 Å². The van der Waals surface area contributed by atoms with Crippen LogP contribution < -0.4 is 0 Å². The van der Waals surface area contributed by atoms with Crippen molar-refractivity contribution in [1.82, 2.24) is 20.1 Å². The van der Waals surface area contributed by atoms with Crippen molar-refractivity contribution in [2.75, 3.05) is 7.05 Å². The molecule has 0 saturated heterocycles. The number of hydrogen-bond donors (Lipinski definition) is 1. The molecule has 136 valence electrons. The van der Waals surface area contributed by atoms with Crippen LogP contribution in [-0.4, -0.2) is 33.0 Å². The molecule has 0 aliphatic heterocycles. The Morgan fingerprint density at radius 3 is 2.81 bits per heavy atom. The van der Waals surface area contributed by atoms with Crippen LogP contribution in [-0.2, 0) is 16.8 Å². The Bertz CT molecular complexity index is 948. The van der Waals surface area contributed by atoms with Crippen LogP contribution in [0.4, 0.5) is 0 Å². The van der Waals surface area contributed by atoms with E-state index in [0.29, 0.717) is 13.0 Å². The molecule has 3 aromatic rings. The number of fused-ring (bicyclic) bond motifs is 1. The summed E-state index contributed by atoms with van der Waals surface area (Å²) in [5.41, 5.74) is 3.26. The second kappa shape index (κ2) is 7.08. The minimum atomic E-state index is -0.407. The van der Waals surface area contributed by atoms with Crippen molar-refractivity contribution in [3.05, 3.63) is 58.4 Å². The largest absolute Gasteiger partial charge is 0.341 e. The Kier molecular flexibility index (Phi) is 5.01. The summed E-state index contributed by atoms with van der Waals surface area (Å²) in [6.45, 7) is 6.57. The fourth-order valence-corrected chi connectivity index (χ4v) is 3.33. The zero-order valence-corrected chi connectivity index (χ0v) is 16.3. The monoisotopic (exact) mass is 370 g/mol. The molecular weight excluding hydrogens is 348 g/mol. The molecule has 0 radical (unpaired) electrons. The molecule has 0 bridgehead atoms. The lowest BCUT2D eigenvalue weighted by Gasteiger charge is -2.26. The molecule has 0 aliphatic rings. The van der Waals surface area contributed by atoms with Crippen molar-refractivity contribution in [3.8, 4) is 0 Å². The molecule has 2 aromatic heterocycles. The predicted octanol–water partition coefficient (Wildman–Crippen LogP) is 4.25. The number of benzene rings is 1. The van der Waals surface area contributed by atoms with Gasteiger partial charge in [0.15, 0.2) is 5.65 Å². The fourth-order valence-electron chi connectivity index (χ4n) is 3.13. The number of nitrogens with one attached hydrogen (secondary N) is 1. The summed E-state index contributed by atoms with van der Waals surface area (Å²) in [5.74, 6) is 0.0643. The summed E-state index contributed by atoms with van der Waals surface area (Å²) < 4.78 is 0. The Morgan fingerprint density at radius 2 is 2.04 bits per heavy atom. The highest BCUT2D eigenvalue weighted by Crippen LogP contribution is 2.31. The number of H-pyrrole nitrogens is 1. The van der Waals surface area contributed by atoms with E-state index < -0.39 is 5.41 Å². The van der Waals surface area contributed by atoms with Crippen LogP contribution in [0.1, 0.15) is 37.1 Å². The quantitative estimate of drug-likeness (QED) is 0.730. The molecule has 1 amide bonds. The number of carbonyl (C=O) groups is 1. The maximum absolute atomic E-state index is 12.8. The van der Waals surface area contributed by atoms with Crippen LogP contribution in [0.25, 0.3) is 11.0 Å². The van der Waals surface area contributed by atoms with Crippen molar-refractivity contribution in [1.29, 1.82) is 0 Å². The van der Waals surface area contributed by atoms with Crippen LogP contribution in [0.2, 0.25) is 5.02 Å². The Balaban J connectivity index is 1.76. The zero-order chi connectivity index (χ0) is 18.9. The third-order valence-electron chi connectivity index (χ3n) is 4.78. The first kappa shape index (κ1) is 18.4. The van der Waals surface area contributed by atoms with Gasteiger partial charge < -0.3 is 4.90 Å². The van der Waals surface area contributed by atoms with Gasteiger partial charge in [-0.1, -0.05) is 37.6 Å². The van der Waals surface area contributed by atoms with Crippen LogP contribution in [0, 0.1) is 6.92 Å². The number of nitrogens with zero attached hydrogens (tertiary/aromatic N) is 3. The van der Waals surface area contributed by atoms with Crippen LogP contribution in [0.15, 0.2) is 36.5 Å². The highest BCUT2D eigenvalue weighted by Gasteiger charge is 2.30. The zero-order valence-electron chi connectivity index (χ0n) is 15.5. The van der Waals surface area contributed by atoms with Crippen molar-refractivity contribution >= 4 is 28.5 Å². The Labute approximate surface area is 158 Å². The topological polar surface area (TPSA) is 61.9 Å². The summed E-state index contributed by atoms with van der Waals surface area (Å²) in [5, 5.41) is 9.04. The van der Waals surface area contributed by atoms with Crippen LogP contribution in [0.5, 0.6) is 0 Å². The van der Waals surface area contributed by atoms with E-state index in [1.54, 1.807) is 11.1 Å². The molecule has 0 spiro atoms. The molecule has 5 nitrogen and oxygen atoms in total. The van der Waals surface area contributed by atoms with Crippen molar-refractivity contribution in [2.24, 2.45) is 0 Å². The van der Waals surface area contributed by atoms with E-state index in [9.17, 15) is 4.79 Å². The minimum absolute atomic E-state index is 0.0643. The number of carbonyl (C=O) groups excluding carboxylic acids is 1. The van der Waals surface area contributed by atoms with E-state index in [0.717, 1.165) is 32.9 Å². The van der Waals surface area contributed by atoms with E-state index in [-0.39, 0.29) is 5.91 Å². The molecule has 26 heavy (non-hydrogen) atoms. The second-order valence-electron chi connectivity index (χ2n) is 7.31. The van der Waals surface area contributed by atoms with Crippen LogP contribution >= 0.6 is 11.6 Å². The molecule has 0 fully saturated rings. The number of rotatable bonds is 5. The molecule has 0 unspecified atom stereocenters. The molecule has 0 saturated carbocycles. The highest BCUT2D eigenvalue weighted by molar-refractivity contribution is 6.31. The third kappa shape index (κ3) is 3.58. The lowest BCUT2D eigenvalue weighted by molar-refractivity contribution is -0.131. The van der Waals surface area contributed by atoms with E-state index >= 15 is 0 Å². The summed E-state index contributed by atoms with van der Waals surface area (Å²) in [4.78, 5) is 18.9. The summed E-state index contributed by atoms with van der Waals surface area (Å²) in [6, 6.07) is 9.64. The Hall–Kier alpha value is -2.40. The normalized spacial score (nSPS) is 11.7. The molecular formula is C20H23ClN4O. The van der Waals surface area contributed by atoms with Gasteiger partial charge in [-0.2, -0.15) is 5.10 Å². The van der Waals surface area contributed by atoms with E-state index in [1.807, 2.05) is 58.2 Å². The fraction of sp³-hybridized carbons (Fsp3) is 0.350. The first-order valence-electron chi connectivity index (χ1n) is 8.57. The number of amides is 1. The number of aromatic amines is 1. The average molecular weight is 371 g/mol. The molecule has 1 N–H and O–H groups in total. The van der Waals surface area contributed by atoms with Crippen LogP contribution in [0.3, 0.4) is 0 Å². The van der Waals surface area contributed by atoms with Crippen molar-refractivity contribution in [2.45, 2.75) is 39.2 Å². The van der Waals surface area contributed by atoms with Crippen molar-refractivity contribution in [3.63, 3.8) is 0 Å². The van der Waals surface area contributed by atoms with Gasteiger partial charge >= 0.3 is 0 Å². The summed E-state index contributed by atoms with van der Waals surface area (Å²) in [6.07, 6.45) is 2.08. The van der Waals surface area contributed by atoms with Gasteiger partial charge in [0.05, 0.1) is 5.69 Å².